The van der Waals surface area contributed by atoms with Gasteiger partial charge in [0.15, 0.2) is 0 Å². The van der Waals surface area contributed by atoms with Crippen LogP contribution in [0.3, 0.4) is 0 Å². The highest BCUT2D eigenvalue weighted by Crippen LogP contribution is 2.19. The predicted molar refractivity (Wildman–Crippen MR) is 92.4 cm³/mol. The summed E-state index contributed by atoms with van der Waals surface area (Å²) in [5.41, 5.74) is 5.17. The van der Waals surface area contributed by atoms with E-state index in [1.54, 1.807) is 0 Å². The van der Waals surface area contributed by atoms with Crippen molar-refractivity contribution in [2.75, 3.05) is 18.5 Å². The summed E-state index contributed by atoms with van der Waals surface area (Å²) in [5.74, 6) is -0.712. The lowest BCUT2D eigenvalue weighted by molar-refractivity contribution is 0.131. The van der Waals surface area contributed by atoms with Crippen LogP contribution >= 0.6 is 11.3 Å². The van der Waals surface area contributed by atoms with Crippen LogP contribution in [0.25, 0.3) is 0 Å². The van der Waals surface area contributed by atoms with Gasteiger partial charge in [0.2, 0.25) is 11.2 Å². The van der Waals surface area contributed by atoms with Gasteiger partial charge in [0.25, 0.3) is 5.95 Å². The average molecular weight is 439 g/mol. The van der Waals surface area contributed by atoms with Crippen molar-refractivity contribution in [1.29, 1.82) is 0 Å². The Bertz CT molecular complexity index is 986. The first-order valence-corrected chi connectivity index (χ1v) is 9.62. The topological polar surface area (TPSA) is 155 Å². The summed E-state index contributed by atoms with van der Waals surface area (Å²) in [4.78, 5) is 22.6. The molecule has 28 heavy (non-hydrogen) atoms. The molecule has 0 spiro atoms. The summed E-state index contributed by atoms with van der Waals surface area (Å²) in [5, 5.41) is 1.45. The number of rotatable bonds is 8. The number of nitrogens with two attached hydrogens (primary N) is 1. The molecule has 2 amide bonds. The number of amides is 2. The van der Waals surface area contributed by atoms with Crippen LogP contribution < -0.4 is 24.3 Å². The van der Waals surface area contributed by atoms with E-state index in [1.165, 1.54) is 30.4 Å². The second-order valence-corrected chi connectivity index (χ2v) is 7.16. The van der Waals surface area contributed by atoms with Crippen LogP contribution in [0, 0.1) is 0 Å². The Labute approximate surface area is 161 Å². The van der Waals surface area contributed by atoms with E-state index in [9.17, 15) is 22.0 Å². The molecule has 0 aliphatic rings. The maximum Gasteiger partial charge on any atom is 0.358 e. The van der Waals surface area contributed by atoms with Crippen molar-refractivity contribution in [2.24, 2.45) is 10.1 Å². The van der Waals surface area contributed by atoms with Gasteiger partial charge in [-0.1, -0.05) is 0 Å². The Morgan fingerprint density at radius 3 is 2.43 bits per heavy atom. The number of hydrogen-bond donors (Lipinski definition) is 1. The number of anilines is 1. The molecule has 0 atom stereocenters. The lowest BCUT2D eigenvalue weighted by Crippen LogP contribution is -2.42. The molecule has 16 heteroatoms. The first-order chi connectivity index (χ1) is 13.2. The second kappa shape index (κ2) is 8.87. The number of nitrogens with zero attached hydrogens (tertiary/aromatic N) is 6. The smallest absolute Gasteiger partial charge is 0.358 e. The van der Waals surface area contributed by atoms with E-state index in [-0.39, 0.29) is 27.7 Å². The minimum atomic E-state index is -4.79. The number of halogens is 2. The lowest BCUT2D eigenvalue weighted by atomic mass is 10.4. The predicted octanol–water partition coefficient (Wildman–Crippen LogP) is 0.138. The third-order valence-electron chi connectivity index (χ3n) is 3.00. The van der Waals surface area contributed by atoms with Gasteiger partial charge in [0.1, 0.15) is 0 Å². The van der Waals surface area contributed by atoms with Crippen molar-refractivity contribution in [3.63, 3.8) is 0 Å². The van der Waals surface area contributed by atoms with Gasteiger partial charge in [-0.15, -0.1) is 25.0 Å². The summed E-state index contributed by atoms with van der Waals surface area (Å²) >= 11 is 0.859. The van der Waals surface area contributed by atoms with E-state index in [0.717, 1.165) is 11.3 Å². The zero-order valence-electron chi connectivity index (χ0n) is 14.5. The van der Waals surface area contributed by atoms with Crippen LogP contribution in [-0.4, -0.2) is 54.6 Å². The second-order valence-electron chi connectivity index (χ2n) is 4.84. The molecule has 2 rings (SSSR count). The molecule has 0 aliphatic carbocycles. The van der Waals surface area contributed by atoms with Crippen LogP contribution in [0.5, 0.6) is 12.0 Å². The van der Waals surface area contributed by atoms with Crippen molar-refractivity contribution in [3.05, 3.63) is 16.4 Å². The maximum absolute atomic E-state index is 12.7. The summed E-state index contributed by atoms with van der Waals surface area (Å²) in [6, 6.07) is -2.15. The van der Waals surface area contributed by atoms with E-state index < -0.39 is 35.0 Å². The molecule has 2 N–H and O–H groups in total. The summed E-state index contributed by atoms with van der Waals surface area (Å²) in [7, 11) is -2.39. The number of carbonyl (C=O) groups is 1. The summed E-state index contributed by atoms with van der Waals surface area (Å²) in [6.07, 6.45) is -1.71. The van der Waals surface area contributed by atoms with E-state index in [2.05, 4.69) is 19.3 Å². The van der Waals surface area contributed by atoms with Gasteiger partial charge < -0.3 is 19.8 Å². The molecule has 0 fully saturated rings. The van der Waals surface area contributed by atoms with Gasteiger partial charge in [-0.2, -0.15) is 18.4 Å². The van der Waals surface area contributed by atoms with Crippen molar-refractivity contribution >= 4 is 33.5 Å². The monoisotopic (exact) mass is 439 g/mol. The number of urea groups is 1. The van der Waals surface area contributed by atoms with E-state index in [4.69, 9.17) is 15.2 Å². The molecule has 0 unspecified atom stereocenters. The van der Waals surface area contributed by atoms with Gasteiger partial charge in [-0.3, -0.25) is 0 Å². The normalized spacial score (nSPS) is 12.2. The Hall–Kier alpha value is -2.88. The van der Waals surface area contributed by atoms with Gasteiger partial charge >= 0.3 is 28.3 Å². The summed E-state index contributed by atoms with van der Waals surface area (Å²) < 4.78 is 64.4. The average Bonchev–Trinajstić information content (AvgIpc) is 3.05. The third-order valence-corrected chi connectivity index (χ3v) is 5.12. The van der Waals surface area contributed by atoms with Crippen molar-refractivity contribution < 1.29 is 31.5 Å². The lowest BCUT2D eigenvalue weighted by Gasteiger charge is -2.15. The van der Waals surface area contributed by atoms with Crippen LogP contribution in [0.2, 0.25) is 0 Å². The zero-order chi connectivity index (χ0) is 20.9. The fourth-order valence-electron chi connectivity index (χ4n) is 1.83. The number of alkyl halides is 2. The molecule has 0 saturated heterocycles. The highest BCUT2D eigenvalue weighted by Gasteiger charge is 2.31. The molecule has 0 aliphatic heterocycles. The van der Waals surface area contributed by atoms with Crippen molar-refractivity contribution in [1.82, 2.24) is 19.5 Å². The van der Waals surface area contributed by atoms with E-state index in [0.29, 0.717) is 0 Å². The van der Waals surface area contributed by atoms with E-state index >= 15 is 0 Å². The molecule has 2 aromatic heterocycles. The maximum atomic E-state index is 12.7. The molecule has 0 aromatic carbocycles. The minimum Gasteiger partial charge on any atom is -0.467 e. The minimum absolute atomic E-state index is 0.0108. The van der Waals surface area contributed by atoms with Crippen LogP contribution in [0.15, 0.2) is 16.0 Å². The number of aryl methyl sites for hydroxylation is 1. The van der Waals surface area contributed by atoms with Gasteiger partial charge in [0, 0.05) is 24.5 Å². The first kappa shape index (κ1) is 21.4. The fraction of sp³-hybridized carbons (Fsp3) is 0.417. The summed E-state index contributed by atoms with van der Waals surface area (Å²) in [6.45, 7) is -0.181. The number of ether oxygens (including phenoxy) is 2. The molecule has 0 saturated carbocycles. The highest BCUT2D eigenvalue weighted by molar-refractivity contribution is 7.92. The number of methoxy groups -OCH3 is 2. The Morgan fingerprint density at radius 2 is 1.93 bits per heavy atom. The Kier molecular flexibility index (Phi) is 6.79. The number of thiazole rings is 1. The van der Waals surface area contributed by atoms with Gasteiger partial charge in [0.05, 0.1) is 14.2 Å². The number of hydrogen-bond acceptors (Lipinski definition) is 9. The first-order valence-electron chi connectivity index (χ1n) is 7.34. The van der Waals surface area contributed by atoms with Crippen molar-refractivity contribution in [3.8, 4) is 12.0 Å². The molecular formula is C12H15F2N7O5S2. The molecule has 2 aromatic rings. The quantitative estimate of drug-likeness (QED) is 0.609. The number of carbonyl (C=O) groups excluding carboxylic acids is 1. The van der Waals surface area contributed by atoms with Crippen LogP contribution in [-0.2, 0) is 16.8 Å². The highest BCUT2D eigenvalue weighted by atomic mass is 32.2. The zero-order valence-corrected chi connectivity index (χ0v) is 16.2. The van der Waals surface area contributed by atoms with Crippen molar-refractivity contribution in [2.45, 2.75) is 19.4 Å². The SMILES string of the molecule is COc1nc(OC)nc(N(C(N)=O)S(=O)(=O)/N=c2/sccn2CCC(F)F)n1. The molecule has 2 heterocycles. The number of primary amides is 1. The van der Waals surface area contributed by atoms with Gasteiger partial charge in [-0.25, -0.2) is 13.6 Å². The fourth-order valence-corrected chi connectivity index (χ4v) is 3.80. The molecule has 154 valence electrons. The standard InChI is InChI=1S/C12H15F2N7O5S2/c1-25-10-16-9(17-11(18-10)26-2)21(8(15)22)28(23,24)19-12-20(5-6-27-12)4-3-7(13)14/h5-7H,3-4H2,1-2H3,(H2,15,22)/b19-12+. The molecule has 0 bridgehead atoms. The molecule has 0 radical (unpaired) electrons. The largest absolute Gasteiger partial charge is 0.467 e. The Morgan fingerprint density at radius 1 is 1.32 bits per heavy atom. The third kappa shape index (κ3) is 5.10. The molecular weight excluding hydrogens is 424 g/mol. The van der Waals surface area contributed by atoms with Crippen LogP contribution in [0.4, 0.5) is 19.5 Å². The Balaban J connectivity index is 2.53. The molecule has 12 nitrogen and oxygen atoms in total. The van der Waals surface area contributed by atoms with Gasteiger partial charge in [-0.05, 0) is 0 Å². The number of aromatic nitrogens is 4. The van der Waals surface area contributed by atoms with Crippen LogP contribution in [0.1, 0.15) is 6.42 Å². The van der Waals surface area contributed by atoms with E-state index in [1.807, 2.05) is 0 Å².